The fourth-order valence-electron chi connectivity index (χ4n) is 2.72. The number of hydrogen-bond donors (Lipinski definition) is 1. The molecule has 0 bridgehead atoms. The van der Waals surface area contributed by atoms with Gasteiger partial charge >= 0.3 is 0 Å². The second kappa shape index (κ2) is 6.69. The first kappa shape index (κ1) is 16.2. The number of benzene rings is 2. The van der Waals surface area contributed by atoms with E-state index in [-0.39, 0.29) is 6.04 Å². The number of ether oxygens (including phenoxy) is 1. The van der Waals surface area contributed by atoms with Gasteiger partial charge in [0.1, 0.15) is 5.75 Å². The Balaban J connectivity index is 2.54. The van der Waals surface area contributed by atoms with E-state index in [0.29, 0.717) is 10.0 Å². The molecule has 0 aliphatic rings. The van der Waals surface area contributed by atoms with Crippen LogP contribution >= 0.6 is 23.2 Å². The standard InChI is InChI=1S/C17H19Cl2NO/c1-10-8-12(9-11(2)17(10)21-4)16(20-3)13-6-5-7-14(18)15(13)19/h5-9,16,20H,1-4H3. The third-order valence-electron chi connectivity index (χ3n) is 3.60. The van der Waals surface area contributed by atoms with Gasteiger partial charge in [0.15, 0.2) is 0 Å². The molecule has 0 fully saturated rings. The lowest BCUT2D eigenvalue weighted by Crippen LogP contribution is -2.18. The molecule has 21 heavy (non-hydrogen) atoms. The second-order valence-corrected chi connectivity index (χ2v) is 5.84. The Morgan fingerprint density at radius 3 is 2.24 bits per heavy atom. The zero-order chi connectivity index (χ0) is 15.6. The van der Waals surface area contributed by atoms with E-state index in [1.54, 1.807) is 13.2 Å². The summed E-state index contributed by atoms with van der Waals surface area (Å²) in [7, 11) is 3.61. The quantitative estimate of drug-likeness (QED) is 0.861. The smallest absolute Gasteiger partial charge is 0.124 e. The maximum absolute atomic E-state index is 6.36. The number of halogens is 2. The van der Waals surface area contributed by atoms with Crippen LogP contribution < -0.4 is 10.1 Å². The van der Waals surface area contributed by atoms with Crippen LogP contribution in [0.4, 0.5) is 0 Å². The zero-order valence-corrected chi connectivity index (χ0v) is 14.1. The average molecular weight is 324 g/mol. The van der Waals surface area contributed by atoms with Crippen molar-refractivity contribution in [3.63, 3.8) is 0 Å². The molecule has 1 N–H and O–H groups in total. The predicted molar refractivity (Wildman–Crippen MR) is 89.8 cm³/mol. The topological polar surface area (TPSA) is 21.3 Å². The zero-order valence-electron chi connectivity index (χ0n) is 12.6. The van der Waals surface area contributed by atoms with E-state index >= 15 is 0 Å². The Kier molecular flexibility index (Phi) is 5.15. The molecule has 0 aromatic heterocycles. The molecule has 0 amide bonds. The Bertz CT molecular complexity index is 632. The Morgan fingerprint density at radius 2 is 1.71 bits per heavy atom. The number of hydrogen-bond acceptors (Lipinski definition) is 2. The molecule has 0 heterocycles. The highest BCUT2D eigenvalue weighted by Crippen LogP contribution is 2.35. The summed E-state index contributed by atoms with van der Waals surface area (Å²) < 4.78 is 5.43. The molecule has 0 saturated carbocycles. The molecule has 0 spiro atoms. The lowest BCUT2D eigenvalue weighted by molar-refractivity contribution is 0.408. The molecule has 0 saturated heterocycles. The first-order chi connectivity index (χ1) is 9.99. The highest BCUT2D eigenvalue weighted by molar-refractivity contribution is 6.42. The molecule has 1 atom stereocenters. The summed E-state index contributed by atoms with van der Waals surface area (Å²) in [5.74, 6) is 0.922. The van der Waals surface area contributed by atoms with Gasteiger partial charge in [-0.15, -0.1) is 0 Å². The minimum Gasteiger partial charge on any atom is -0.496 e. The maximum Gasteiger partial charge on any atom is 0.124 e. The fraction of sp³-hybridized carbons (Fsp3) is 0.294. The highest BCUT2D eigenvalue weighted by atomic mass is 35.5. The van der Waals surface area contributed by atoms with Gasteiger partial charge in [-0.1, -0.05) is 47.5 Å². The predicted octanol–water partition coefficient (Wildman–Crippen LogP) is 4.93. The van der Waals surface area contributed by atoms with E-state index in [4.69, 9.17) is 27.9 Å². The first-order valence-electron chi connectivity index (χ1n) is 6.76. The van der Waals surface area contributed by atoms with Gasteiger partial charge in [0.25, 0.3) is 0 Å². The van der Waals surface area contributed by atoms with Crippen molar-refractivity contribution >= 4 is 23.2 Å². The number of methoxy groups -OCH3 is 1. The van der Waals surface area contributed by atoms with Gasteiger partial charge in [0.2, 0.25) is 0 Å². The minimum absolute atomic E-state index is 0.0143. The number of rotatable bonds is 4. The summed E-state index contributed by atoms with van der Waals surface area (Å²) in [5, 5.41) is 4.46. The van der Waals surface area contributed by atoms with Crippen LogP contribution in [0.5, 0.6) is 5.75 Å². The van der Waals surface area contributed by atoms with E-state index in [2.05, 4.69) is 17.4 Å². The summed E-state index contributed by atoms with van der Waals surface area (Å²) in [6.07, 6.45) is 0. The van der Waals surface area contributed by atoms with E-state index in [0.717, 1.165) is 28.0 Å². The molecule has 2 aromatic carbocycles. The van der Waals surface area contributed by atoms with E-state index in [1.165, 1.54) is 0 Å². The molecule has 112 valence electrons. The molecule has 2 nitrogen and oxygen atoms in total. The molecule has 2 aromatic rings. The van der Waals surface area contributed by atoms with Crippen LogP contribution in [0.15, 0.2) is 30.3 Å². The molecule has 4 heteroatoms. The van der Waals surface area contributed by atoms with Crippen molar-refractivity contribution in [2.45, 2.75) is 19.9 Å². The normalized spacial score (nSPS) is 12.3. The van der Waals surface area contributed by atoms with Gasteiger partial charge < -0.3 is 10.1 Å². The van der Waals surface area contributed by atoms with Crippen molar-refractivity contribution in [2.75, 3.05) is 14.2 Å². The lowest BCUT2D eigenvalue weighted by Gasteiger charge is -2.21. The van der Waals surface area contributed by atoms with Crippen molar-refractivity contribution in [2.24, 2.45) is 0 Å². The van der Waals surface area contributed by atoms with Crippen molar-refractivity contribution in [1.29, 1.82) is 0 Å². The van der Waals surface area contributed by atoms with Crippen LogP contribution in [0.1, 0.15) is 28.3 Å². The van der Waals surface area contributed by atoms with Gasteiger partial charge in [-0.2, -0.15) is 0 Å². The Morgan fingerprint density at radius 1 is 1.10 bits per heavy atom. The second-order valence-electron chi connectivity index (χ2n) is 5.05. The van der Waals surface area contributed by atoms with E-state index in [1.807, 2.05) is 33.0 Å². The third kappa shape index (κ3) is 3.18. The maximum atomic E-state index is 6.36. The van der Waals surface area contributed by atoms with Gasteiger partial charge in [-0.05, 0) is 49.2 Å². The van der Waals surface area contributed by atoms with Crippen LogP contribution in [0.3, 0.4) is 0 Å². The third-order valence-corrected chi connectivity index (χ3v) is 4.43. The number of nitrogens with one attached hydrogen (secondary N) is 1. The van der Waals surface area contributed by atoms with Crippen molar-refractivity contribution in [3.8, 4) is 5.75 Å². The van der Waals surface area contributed by atoms with Crippen LogP contribution in [0, 0.1) is 13.8 Å². The molecule has 0 aliphatic heterocycles. The lowest BCUT2D eigenvalue weighted by atomic mass is 9.95. The summed E-state index contributed by atoms with van der Waals surface area (Å²) >= 11 is 12.5. The van der Waals surface area contributed by atoms with Gasteiger partial charge in [-0.25, -0.2) is 0 Å². The van der Waals surface area contributed by atoms with E-state index in [9.17, 15) is 0 Å². The Hall–Kier alpha value is -1.22. The molecule has 2 rings (SSSR count). The summed E-state index contributed by atoms with van der Waals surface area (Å²) in [6.45, 7) is 4.09. The molecule has 0 radical (unpaired) electrons. The SMILES string of the molecule is CNC(c1cc(C)c(OC)c(C)c1)c1cccc(Cl)c1Cl. The minimum atomic E-state index is -0.0143. The summed E-state index contributed by atoms with van der Waals surface area (Å²) in [6, 6.07) is 9.92. The molecule has 0 aliphatic carbocycles. The largest absolute Gasteiger partial charge is 0.496 e. The van der Waals surface area contributed by atoms with Gasteiger partial charge in [-0.3, -0.25) is 0 Å². The summed E-state index contributed by atoms with van der Waals surface area (Å²) in [5.41, 5.74) is 4.31. The van der Waals surface area contributed by atoms with Crippen LogP contribution in [-0.2, 0) is 0 Å². The van der Waals surface area contributed by atoms with Gasteiger partial charge in [0, 0.05) is 0 Å². The highest BCUT2D eigenvalue weighted by Gasteiger charge is 2.18. The summed E-state index contributed by atoms with van der Waals surface area (Å²) in [4.78, 5) is 0. The first-order valence-corrected chi connectivity index (χ1v) is 7.51. The monoisotopic (exact) mass is 323 g/mol. The average Bonchev–Trinajstić information content (AvgIpc) is 2.44. The molecule has 1 unspecified atom stereocenters. The van der Waals surface area contributed by atoms with E-state index < -0.39 is 0 Å². The molecular formula is C17H19Cl2NO. The molecular weight excluding hydrogens is 305 g/mol. The van der Waals surface area contributed by atoms with Gasteiger partial charge in [0.05, 0.1) is 23.2 Å². The van der Waals surface area contributed by atoms with Crippen molar-refractivity contribution in [3.05, 3.63) is 62.6 Å². The number of aryl methyl sites for hydroxylation is 2. The van der Waals surface area contributed by atoms with Crippen molar-refractivity contribution < 1.29 is 4.74 Å². The van der Waals surface area contributed by atoms with Crippen LogP contribution in [0.25, 0.3) is 0 Å². The fourth-order valence-corrected chi connectivity index (χ4v) is 3.13. The van der Waals surface area contributed by atoms with Crippen LogP contribution in [0.2, 0.25) is 10.0 Å². The van der Waals surface area contributed by atoms with Crippen molar-refractivity contribution in [1.82, 2.24) is 5.32 Å². The van der Waals surface area contributed by atoms with Crippen LogP contribution in [-0.4, -0.2) is 14.2 Å². The Labute approximate surface area is 136 Å².